The maximum absolute atomic E-state index is 7.53. The number of benzene rings is 11. The van der Waals surface area contributed by atoms with Gasteiger partial charge in [0.05, 0.1) is 16.3 Å². The summed E-state index contributed by atoms with van der Waals surface area (Å²) >= 11 is 1.78. The first kappa shape index (κ1) is 31.2. The fraction of sp³-hybridized carbons (Fsp3) is 0.0189. The van der Waals surface area contributed by atoms with E-state index < -0.39 is 5.18 Å². The van der Waals surface area contributed by atoms with Crippen LogP contribution in [-0.2, 0) is 0 Å². The van der Waals surface area contributed by atoms with Gasteiger partial charge in [-0.05, 0) is 136 Å². The fourth-order valence-corrected chi connectivity index (χ4v) is 11.2. The number of hydrogen-bond donors (Lipinski definition) is 0. The second-order valence-corrected chi connectivity index (χ2v) is 16.4. The summed E-state index contributed by atoms with van der Waals surface area (Å²) in [6.07, 6.45) is 0. The molecule has 4 heteroatoms. The van der Waals surface area contributed by atoms with E-state index in [1.54, 1.807) is 11.8 Å². The SMILES string of the molecule is c1ccc2c(c1)N(c1ccc3c4ccccc4c4ccccc4c3c1)C1(Oc3cc4ccccc4cc3S1)N2c1ccc2c3ccccc3c3ccccc3c2c1. The highest BCUT2D eigenvalue weighted by atomic mass is 32.2. The lowest BCUT2D eigenvalue weighted by molar-refractivity contribution is 0.194. The topological polar surface area (TPSA) is 15.7 Å². The summed E-state index contributed by atoms with van der Waals surface area (Å²) in [6, 6.07) is 71.0. The van der Waals surface area contributed by atoms with Crippen molar-refractivity contribution in [2.45, 2.75) is 10.1 Å². The molecule has 0 unspecified atom stereocenters. The van der Waals surface area contributed by atoms with Crippen molar-refractivity contribution in [2.75, 3.05) is 9.80 Å². The van der Waals surface area contributed by atoms with Crippen LogP contribution in [-0.4, -0.2) is 5.18 Å². The first-order valence-corrected chi connectivity index (χ1v) is 20.3. The second kappa shape index (κ2) is 11.5. The molecule has 57 heavy (non-hydrogen) atoms. The zero-order valence-electron chi connectivity index (χ0n) is 30.7. The molecule has 11 aromatic rings. The molecule has 0 fully saturated rings. The van der Waals surface area contributed by atoms with E-state index in [1.165, 1.54) is 70.0 Å². The third-order valence-corrected chi connectivity index (χ3v) is 13.5. The first-order chi connectivity index (χ1) is 28.2. The summed E-state index contributed by atoms with van der Waals surface area (Å²) in [5.41, 5.74) is 4.32. The molecule has 13 rings (SSSR count). The van der Waals surface area contributed by atoms with Crippen LogP contribution in [0.5, 0.6) is 5.75 Å². The van der Waals surface area contributed by atoms with Crippen LogP contribution in [0.1, 0.15) is 0 Å². The van der Waals surface area contributed by atoms with Gasteiger partial charge in [-0.3, -0.25) is 9.80 Å². The Morgan fingerprint density at radius 3 is 1.12 bits per heavy atom. The van der Waals surface area contributed by atoms with Crippen LogP contribution in [0.4, 0.5) is 22.7 Å². The largest absolute Gasteiger partial charge is 0.439 e. The van der Waals surface area contributed by atoms with Crippen LogP contribution < -0.4 is 14.5 Å². The number of rotatable bonds is 2. The molecule has 0 bridgehead atoms. The van der Waals surface area contributed by atoms with Crippen molar-refractivity contribution in [2.24, 2.45) is 0 Å². The maximum Gasteiger partial charge on any atom is 0.330 e. The molecular formula is C53H32N2OS. The summed E-state index contributed by atoms with van der Waals surface area (Å²) in [7, 11) is 0. The van der Waals surface area contributed by atoms with Crippen LogP contribution in [0.25, 0.3) is 75.4 Å². The first-order valence-electron chi connectivity index (χ1n) is 19.5. The van der Waals surface area contributed by atoms with Crippen molar-refractivity contribution < 1.29 is 4.74 Å². The maximum atomic E-state index is 7.53. The molecule has 0 amide bonds. The summed E-state index contributed by atoms with van der Waals surface area (Å²) in [4.78, 5) is 5.99. The zero-order valence-corrected chi connectivity index (χ0v) is 31.5. The number of hydrogen-bond acceptors (Lipinski definition) is 4. The summed E-state index contributed by atoms with van der Waals surface area (Å²) in [5.74, 6) is 0.885. The molecule has 3 nitrogen and oxygen atoms in total. The van der Waals surface area contributed by atoms with Gasteiger partial charge in [0.1, 0.15) is 5.75 Å². The van der Waals surface area contributed by atoms with E-state index >= 15 is 0 Å². The minimum atomic E-state index is -1.01. The molecule has 2 aliphatic heterocycles. The lowest BCUT2D eigenvalue weighted by Crippen LogP contribution is -2.53. The fourth-order valence-electron chi connectivity index (χ4n) is 9.77. The Morgan fingerprint density at radius 2 is 0.684 bits per heavy atom. The van der Waals surface area contributed by atoms with Crippen LogP contribution in [0.2, 0.25) is 0 Å². The molecule has 266 valence electrons. The van der Waals surface area contributed by atoms with Crippen molar-refractivity contribution >= 4 is 110 Å². The lowest BCUT2D eigenvalue weighted by atomic mass is 9.94. The predicted molar refractivity (Wildman–Crippen MR) is 242 cm³/mol. The summed E-state index contributed by atoms with van der Waals surface area (Å²) < 4.78 is 7.53. The lowest BCUT2D eigenvalue weighted by Gasteiger charge is -2.40. The molecule has 0 aliphatic carbocycles. The molecule has 0 aromatic heterocycles. The third kappa shape index (κ3) is 4.28. The minimum absolute atomic E-state index is 0.885. The quantitative estimate of drug-likeness (QED) is 0.164. The second-order valence-electron chi connectivity index (χ2n) is 15.2. The minimum Gasteiger partial charge on any atom is -0.439 e. The molecule has 0 radical (unpaired) electrons. The van der Waals surface area contributed by atoms with E-state index in [0.717, 1.165) is 38.8 Å². The van der Waals surface area contributed by atoms with Crippen molar-refractivity contribution in [3.8, 4) is 5.75 Å². The van der Waals surface area contributed by atoms with Gasteiger partial charge in [-0.15, -0.1) is 0 Å². The molecular weight excluding hydrogens is 713 g/mol. The number of anilines is 4. The van der Waals surface area contributed by atoms with Gasteiger partial charge in [0.15, 0.2) is 0 Å². The Kier molecular flexibility index (Phi) is 6.31. The summed E-state index contributed by atoms with van der Waals surface area (Å²) in [6.45, 7) is 0. The highest BCUT2D eigenvalue weighted by Crippen LogP contribution is 2.63. The average Bonchev–Trinajstić information content (AvgIpc) is 3.78. The van der Waals surface area contributed by atoms with Crippen LogP contribution in [0.3, 0.4) is 0 Å². The molecule has 2 heterocycles. The Hall–Kier alpha value is -7.01. The molecule has 1 spiro atoms. The molecule has 0 saturated carbocycles. The van der Waals surface area contributed by atoms with Gasteiger partial charge in [0.2, 0.25) is 0 Å². The Labute approximate surface area is 332 Å². The van der Waals surface area contributed by atoms with E-state index in [4.69, 9.17) is 4.74 Å². The van der Waals surface area contributed by atoms with Crippen molar-refractivity contribution in [3.63, 3.8) is 0 Å². The smallest absolute Gasteiger partial charge is 0.330 e. The van der Waals surface area contributed by atoms with E-state index in [2.05, 4.69) is 204 Å². The standard InChI is InChI=1S/C53H32N2OS/c1-2-14-34-30-52-51(29-33(34)13-1)56-53(57-52)54(35-25-27-45-41-19-5-3-15-37(41)39-17-7-9-21-43(39)47(45)31-35)49-23-11-12-24-50(49)55(53)36-26-28-46-42-20-6-4-16-38(42)40-18-8-10-22-44(40)48(46)32-36/h1-32H. The zero-order chi connectivity index (χ0) is 37.2. The van der Waals surface area contributed by atoms with E-state index in [1.807, 2.05) is 0 Å². The monoisotopic (exact) mass is 744 g/mol. The van der Waals surface area contributed by atoms with Gasteiger partial charge < -0.3 is 4.74 Å². The van der Waals surface area contributed by atoms with Gasteiger partial charge in [0, 0.05) is 11.4 Å². The van der Waals surface area contributed by atoms with Gasteiger partial charge in [-0.25, -0.2) is 0 Å². The van der Waals surface area contributed by atoms with Gasteiger partial charge in [-0.2, -0.15) is 0 Å². The number of nitrogens with zero attached hydrogens (tertiary/aromatic N) is 2. The van der Waals surface area contributed by atoms with Crippen molar-refractivity contribution in [3.05, 3.63) is 194 Å². The predicted octanol–water partition coefficient (Wildman–Crippen LogP) is 14.8. The van der Waals surface area contributed by atoms with Gasteiger partial charge in [-0.1, -0.05) is 146 Å². The Bertz CT molecular complexity index is 3220. The van der Waals surface area contributed by atoms with Gasteiger partial charge in [0.25, 0.3) is 0 Å². The Balaban J connectivity index is 1.10. The van der Waals surface area contributed by atoms with Gasteiger partial charge >= 0.3 is 5.18 Å². The number of para-hydroxylation sites is 2. The highest BCUT2D eigenvalue weighted by Gasteiger charge is 2.58. The molecule has 2 aliphatic rings. The van der Waals surface area contributed by atoms with Crippen LogP contribution in [0, 0.1) is 0 Å². The number of fused-ring (bicyclic) bond motifs is 15. The van der Waals surface area contributed by atoms with Crippen molar-refractivity contribution in [1.29, 1.82) is 0 Å². The molecule has 11 aromatic carbocycles. The average molecular weight is 745 g/mol. The van der Waals surface area contributed by atoms with E-state index in [-0.39, 0.29) is 0 Å². The number of ether oxygens (including phenoxy) is 1. The van der Waals surface area contributed by atoms with E-state index in [0.29, 0.717) is 0 Å². The van der Waals surface area contributed by atoms with Crippen LogP contribution in [0.15, 0.2) is 199 Å². The van der Waals surface area contributed by atoms with Crippen molar-refractivity contribution in [1.82, 2.24) is 0 Å². The molecule has 0 saturated heterocycles. The third-order valence-electron chi connectivity index (χ3n) is 12.2. The summed E-state index contributed by atoms with van der Waals surface area (Å²) in [5, 5.41) is 16.4. The highest BCUT2D eigenvalue weighted by molar-refractivity contribution is 8.01. The van der Waals surface area contributed by atoms with Crippen LogP contribution >= 0.6 is 11.8 Å². The normalized spacial score (nSPS) is 14.5. The molecule has 0 N–H and O–H groups in total. The Morgan fingerprint density at radius 1 is 0.333 bits per heavy atom. The number of thioether (sulfide) groups is 1. The van der Waals surface area contributed by atoms with E-state index in [9.17, 15) is 0 Å². The molecule has 0 atom stereocenters.